The van der Waals surface area contributed by atoms with E-state index in [1.807, 2.05) is 30.3 Å². The maximum Gasteiger partial charge on any atom is 0.271 e. The van der Waals surface area contributed by atoms with Gasteiger partial charge in [-0.3, -0.25) is 19.2 Å². The molecule has 2 aromatic carbocycles. The van der Waals surface area contributed by atoms with E-state index >= 15 is 0 Å². The van der Waals surface area contributed by atoms with Crippen molar-refractivity contribution in [3.8, 4) is 0 Å². The summed E-state index contributed by atoms with van der Waals surface area (Å²) in [6.07, 6.45) is 0.955. The number of benzene rings is 2. The minimum atomic E-state index is -3.80. The first-order valence-corrected chi connectivity index (χ1v) is 9.53. The summed E-state index contributed by atoms with van der Waals surface area (Å²) in [6.45, 7) is -0.116. The van der Waals surface area contributed by atoms with Gasteiger partial charge in [-0.2, -0.15) is 0 Å². The lowest BCUT2D eigenvalue weighted by molar-refractivity contribution is -0.384. The van der Waals surface area contributed by atoms with Crippen molar-refractivity contribution in [1.82, 2.24) is 4.90 Å². The summed E-state index contributed by atoms with van der Waals surface area (Å²) in [5.74, 6) is -0.425. The molecule has 26 heavy (non-hydrogen) atoms. The third-order valence-electron chi connectivity index (χ3n) is 3.70. The van der Waals surface area contributed by atoms with Gasteiger partial charge in [-0.15, -0.1) is 0 Å². The van der Waals surface area contributed by atoms with Gasteiger partial charge in [0, 0.05) is 25.7 Å². The first kappa shape index (κ1) is 19.4. The van der Waals surface area contributed by atoms with E-state index in [2.05, 4.69) is 0 Å². The highest BCUT2D eigenvalue weighted by Gasteiger charge is 2.24. The van der Waals surface area contributed by atoms with Crippen molar-refractivity contribution >= 4 is 27.3 Å². The molecule has 8 nitrogen and oxygen atoms in total. The zero-order chi connectivity index (χ0) is 19.3. The van der Waals surface area contributed by atoms with E-state index in [0.29, 0.717) is 6.54 Å². The number of nitro benzene ring substituents is 1. The van der Waals surface area contributed by atoms with Crippen LogP contribution in [0.25, 0.3) is 0 Å². The predicted molar refractivity (Wildman–Crippen MR) is 98.2 cm³/mol. The summed E-state index contributed by atoms with van der Waals surface area (Å²) in [5, 5.41) is 10.9. The highest BCUT2D eigenvalue weighted by Crippen LogP contribution is 2.23. The van der Waals surface area contributed by atoms with Crippen molar-refractivity contribution < 1.29 is 18.1 Å². The van der Waals surface area contributed by atoms with Gasteiger partial charge < -0.3 is 4.90 Å². The van der Waals surface area contributed by atoms with Crippen molar-refractivity contribution in [3.05, 3.63) is 70.3 Å². The highest BCUT2D eigenvalue weighted by atomic mass is 32.2. The predicted octanol–water partition coefficient (Wildman–Crippen LogP) is 2.02. The highest BCUT2D eigenvalue weighted by molar-refractivity contribution is 7.92. The monoisotopic (exact) mass is 377 g/mol. The van der Waals surface area contributed by atoms with E-state index in [-0.39, 0.29) is 11.4 Å². The Morgan fingerprint density at radius 3 is 2.35 bits per heavy atom. The molecule has 0 radical (unpaired) electrons. The molecule has 0 unspecified atom stereocenters. The lowest BCUT2D eigenvalue weighted by Gasteiger charge is -2.25. The molecule has 0 atom stereocenters. The summed E-state index contributed by atoms with van der Waals surface area (Å²) >= 11 is 0. The zero-order valence-electron chi connectivity index (χ0n) is 14.4. The molecule has 1 amide bonds. The van der Waals surface area contributed by atoms with Gasteiger partial charge in [-0.1, -0.05) is 36.4 Å². The molecule has 0 aromatic heterocycles. The number of nitro groups is 1. The van der Waals surface area contributed by atoms with Crippen LogP contribution >= 0.6 is 0 Å². The average Bonchev–Trinajstić information content (AvgIpc) is 2.59. The number of rotatable bonds is 7. The Morgan fingerprint density at radius 2 is 1.77 bits per heavy atom. The van der Waals surface area contributed by atoms with Crippen molar-refractivity contribution in [1.29, 1.82) is 0 Å². The lowest BCUT2D eigenvalue weighted by Crippen LogP contribution is -2.41. The number of hydrogen-bond acceptors (Lipinski definition) is 5. The Hall–Kier alpha value is -2.94. The largest absolute Gasteiger partial charge is 0.340 e. The van der Waals surface area contributed by atoms with Gasteiger partial charge >= 0.3 is 0 Å². The van der Waals surface area contributed by atoms with Gasteiger partial charge in [0.1, 0.15) is 6.54 Å². The van der Waals surface area contributed by atoms with Crippen LogP contribution in [-0.4, -0.2) is 44.0 Å². The number of anilines is 1. The van der Waals surface area contributed by atoms with E-state index in [4.69, 9.17) is 0 Å². The third-order valence-corrected chi connectivity index (χ3v) is 4.84. The van der Waals surface area contributed by atoms with E-state index < -0.39 is 27.4 Å². The average molecular weight is 377 g/mol. The molecule has 0 fully saturated rings. The maximum absolute atomic E-state index is 12.5. The standard InChI is InChI=1S/C17H19N3O5S/c1-18(12-14-7-4-3-5-8-14)17(21)13-19(26(2,24)25)15-9-6-10-16(11-15)20(22)23/h3-11H,12-13H2,1-2H3. The van der Waals surface area contributed by atoms with Crippen molar-refractivity contribution in [3.63, 3.8) is 0 Å². The molecule has 0 saturated carbocycles. The second-order valence-electron chi connectivity index (χ2n) is 5.78. The van der Waals surface area contributed by atoms with Gasteiger partial charge in [-0.25, -0.2) is 8.42 Å². The fourth-order valence-electron chi connectivity index (χ4n) is 2.35. The van der Waals surface area contributed by atoms with Crippen LogP contribution in [0, 0.1) is 10.1 Å². The molecule has 0 bridgehead atoms. The van der Waals surface area contributed by atoms with Crippen LogP contribution < -0.4 is 4.31 Å². The van der Waals surface area contributed by atoms with Crippen LogP contribution in [-0.2, 0) is 21.4 Å². The molecular weight excluding hydrogens is 358 g/mol. The molecule has 2 aromatic rings. The van der Waals surface area contributed by atoms with E-state index in [0.717, 1.165) is 22.2 Å². The third kappa shape index (κ3) is 5.03. The van der Waals surface area contributed by atoms with Crippen LogP contribution in [0.15, 0.2) is 54.6 Å². The molecule has 9 heteroatoms. The normalized spacial score (nSPS) is 11.0. The SMILES string of the molecule is CN(Cc1ccccc1)C(=O)CN(c1cccc([N+](=O)[O-])c1)S(C)(=O)=O. The van der Waals surface area contributed by atoms with Gasteiger partial charge in [0.15, 0.2) is 0 Å². The fraction of sp³-hybridized carbons (Fsp3) is 0.235. The number of sulfonamides is 1. The second kappa shape index (κ2) is 7.96. The molecule has 0 aliphatic heterocycles. The number of nitrogens with zero attached hydrogens (tertiary/aromatic N) is 3. The van der Waals surface area contributed by atoms with Crippen LogP contribution in [0.3, 0.4) is 0 Å². The number of carbonyl (C=O) groups is 1. The number of carbonyl (C=O) groups excluding carboxylic acids is 1. The summed E-state index contributed by atoms with van der Waals surface area (Å²) in [7, 11) is -2.23. The molecule has 2 rings (SSSR count). The summed E-state index contributed by atoms with van der Waals surface area (Å²) in [6, 6.07) is 14.5. The van der Waals surface area contributed by atoms with Crippen molar-refractivity contribution in [2.75, 3.05) is 24.2 Å². The Morgan fingerprint density at radius 1 is 1.12 bits per heavy atom. The quantitative estimate of drug-likeness (QED) is 0.543. The molecule has 0 N–H and O–H groups in total. The Labute approximate surface area is 151 Å². The van der Waals surface area contributed by atoms with E-state index in [1.165, 1.54) is 23.1 Å². The van der Waals surface area contributed by atoms with Crippen LogP contribution in [0.1, 0.15) is 5.56 Å². The van der Waals surface area contributed by atoms with Crippen LogP contribution in [0.2, 0.25) is 0 Å². The van der Waals surface area contributed by atoms with Gasteiger partial charge in [0.05, 0.1) is 16.9 Å². The Bertz CT molecular complexity index is 900. The number of hydrogen-bond donors (Lipinski definition) is 0. The number of likely N-dealkylation sites (N-methyl/N-ethyl adjacent to an activating group) is 1. The van der Waals surface area contributed by atoms with Crippen molar-refractivity contribution in [2.45, 2.75) is 6.54 Å². The van der Waals surface area contributed by atoms with Crippen LogP contribution in [0.4, 0.5) is 11.4 Å². The number of amides is 1. The smallest absolute Gasteiger partial charge is 0.271 e. The maximum atomic E-state index is 12.5. The molecule has 0 saturated heterocycles. The minimum absolute atomic E-state index is 0.0724. The zero-order valence-corrected chi connectivity index (χ0v) is 15.2. The van der Waals surface area contributed by atoms with Gasteiger partial charge in [0.2, 0.25) is 15.9 Å². The molecule has 0 spiro atoms. The van der Waals surface area contributed by atoms with E-state index in [9.17, 15) is 23.3 Å². The first-order valence-electron chi connectivity index (χ1n) is 7.68. The summed E-state index contributed by atoms with van der Waals surface area (Å²) < 4.78 is 25.1. The topological polar surface area (TPSA) is 101 Å². The Kier molecular flexibility index (Phi) is 5.93. The minimum Gasteiger partial charge on any atom is -0.340 e. The van der Waals surface area contributed by atoms with E-state index in [1.54, 1.807) is 7.05 Å². The summed E-state index contributed by atoms with van der Waals surface area (Å²) in [5.41, 5.74) is 0.731. The lowest BCUT2D eigenvalue weighted by atomic mass is 10.2. The molecule has 0 aliphatic carbocycles. The fourth-order valence-corrected chi connectivity index (χ4v) is 3.19. The van der Waals surface area contributed by atoms with Crippen LogP contribution in [0.5, 0.6) is 0 Å². The van der Waals surface area contributed by atoms with Crippen molar-refractivity contribution in [2.24, 2.45) is 0 Å². The number of non-ortho nitro benzene ring substituents is 1. The summed E-state index contributed by atoms with van der Waals surface area (Å²) in [4.78, 5) is 24.2. The molecular formula is C17H19N3O5S. The molecule has 0 aliphatic rings. The first-order chi connectivity index (χ1) is 12.2. The second-order valence-corrected chi connectivity index (χ2v) is 7.69. The van der Waals surface area contributed by atoms with Gasteiger partial charge in [-0.05, 0) is 11.6 Å². The van der Waals surface area contributed by atoms with Gasteiger partial charge in [0.25, 0.3) is 5.69 Å². The molecule has 138 valence electrons. The molecule has 0 heterocycles. The Balaban J connectivity index is 2.22.